The molecule has 0 aliphatic heterocycles. The van der Waals surface area contributed by atoms with Gasteiger partial charge >= 0.3 is 0 Å². The third kappa shape index (κ3) is 1.67. The average molecular weight is 271 g/mol. The van der Waals surface area contributed by atoms with Gasteiger partial charge in [0, 0.05) is 10.9 Å². The molecule has 0 spiro atoms. The third-order valence-electron chi connectivity index (χ3n) is 3.91. The Morgan fingerprint density at radius 1 is 1.11 bits per heavy atom. The molecule has 0 radical (unpaired) electrons. The largest absolute Gasteiger partial charge is 0.369 e. The Labute approximate surface area is 116 Å². The fourth-order valence-corrected chi connectivity index (χ4v) is 3.48. The van der Waals surface area contributed by atoms with Gasteiger partial charge in [0.1, 0.15) is 4.83 Å². The van der Waals surface area contributed by atoms with Crippen molar-refractivity contribution in [1.82, 2.24) is 9.38 Å². The third-order valence-corrected chi connectivity index (χ3v) is 4.78. The van der Waals surface area contributed by atoms with Crippen LogP contribution in [-0.4, -0.2) is 9.38 Å². The lowest BCUT2D eigenvalue weighted by Crippen LogP contribution is -2.00. The summed E-state index contributed by atoms with van der Waals surface area (Å²) in [6.07, 6.45) is 1.83. The maximum absolute atomic E-state index is 5.99. The number of nitrogens with zero attached hydrogens (tertiary/aromatic N) is 2. The van der Waals surface area contributed by atoms with E-state index in [0.717, 1.165) is 10.5 Å². The van der Waals surface area contributed by atoms with Crippen molar-refractivity contribution < 1.29 is 0 Å². The summed E-state index contributed by atoms with van der Waals surface area (Å²) in [6, 6.07) is 2.25. The number of nitrogen functional groups attached to an aromatic ring is 1. The summed E-state index contributed by atoms with van der Waals surface area (Å²) >= 11 is 1.68. The molecule has 0 saturated carbocycles. The van der Waals surface area contributed by atoms with Crippen LogP contribution in [0, 0.1) is 27.7 Å². The first kappa shape index (κ1) is 12.2. The minimum atomic E-state index is 0.559. The number of nitrogens with two attached hydrogens (primary N) is 1. The molecule has 4 heteroatoms. The molecule has 0 amide bonds. The number of rotatable bonds is 1. The maximum Gasteiger partial charge on any atom is 0.206 e. The van der Waals surface area contributed by atoms with Crippen molar-refractivity contribution in [3.63, 3.8) is 0 Å². The zero-order valence-corrected chi connectivity index (χ0v) is 12.4. The number of hydrogen-bond acceptors (Lipinski definition) is 3. The summed E-state index contributed by atoms with van der Waals surface area (Å²) in [5.74, 6) is 0.559. The normalized spacial score (nSPS) is 11.4. The smallest absolute Gasteiger partial charge is 0.206 e. The monoisotopic (exact) mass is 271 g/mol. The predicted molar refractivity (Wildman–Crippen MR) is 81.9 cm³/mol. The van der Waals surface area contributed by atoms with Crippen LogP contribution in [0.25, 0.3) is 16.1 Å². The second kappa shape index (κ2) is 4.10. The highest BCUT2D eigenvalue weighted by atomic mass is 32.1. The Kier molecular flexibility index (Phi) is 2.64. The van der Waals surface area contributed by atoms with Crippen LogP contribution in [-0.2, 0) is 0 Å². The van der Waals surface area contributed by atoms with Gasteiger partial charge in [-0.15, -0.1) is 11.3 Å². The van der Waals surface area contributed by atoms with E-state index in [1.807, 2.05) is 10.6 Å². The first-order valence-corrected chi connectivity index (χ1v) is 7.17. The van der Waals surface area contributed by atoms with Crippen molar-refractivity contribution >= 4 is 22.1 Å². The molecule has 3 nitrogen and oxygen atoms in total. The zero-order valence-electron chi connectivity index (χ0n) is 11.6. The Balaban J connectivity index is 2.42. The van der Waals surface area contributed by atoms with Gasteiger partial charge in [0.25, 0.3) is 0 Å². The Morgan fingerprint density at radius 2 is 1.74 bits per heavy atom. The maximum atomic E-state index is 5.99. The number of hydrogen-bond donors (Lipinski definition) is 1. The van der Waals surface area contributed by atoms with E-state index in [1.165, 1.54) is 27.8 Å². The highest BCUT2D eigenvalue weighted by Gasteiger charge is 2.16. The number of benzene rings is 1. The van der Waals surface area contributed by atoms with E-state index >= 15 is 0 Å². The molecular formula is C15H17N3S. The van der Waals surface area contributed by atoms with Crippen molar-refractivity contribution in [3.8, 4) is 11.3 Å². The molecule has 0 aliphatic rings. The van der Waals surface area contributed by atoms with Gasteiger partial charge in [0.05, 0.1) is 11.9 Å². The van der Waals surface area contributed by atoms with Gasteiger partial charge in [-0.25, -0.2) is 4.98 Å². The number of aromatic nitrogens is 2. The van der Waals surface area contributed by atoms with E-state index in [4.69, 9.17) is 5.73 Å². The molecular weight excluding hydrogens is 254 g/mol. The first-order valence-electron chi connectivity index (χ1n) is 6.29. The van der Waals surface area contributed by atoms with Gasteiger partial charge in [-0.05, 0) is 49.9 Å². The molecule has 2 N–H and O–H groups in total. The van der Waals surface area contributed by atoms with Crippen LogP contribution < -0.4 is 5.73 Å². The number of anilines is 1. The lowest BCUT2D eigenvalue weighted by molar-refractivity contribution is 1.17. The lowest BCUT2D eigenvalue weighted by Gasteiger charge is -2.15. The summed E-state index contributed by atoms with van der Waals surface area (Å²) in [7, 11) is 0. The number of fused-ring (bicyclic) bond motifs is 1. The standard InChI is InChI=1S/C15H17N3S/c1-8-5-9(2)11(4)14(10(8)3)12-7-19-13-6-17-15(16)18(12)13/h5-7H,1-4H3,(H2,16,17). The predicted octanol–water partition coefficient (Wildman–Crippen LogP) is 3.88. The molecule has 19 heavy (non-hydrogen) atoms. The Morgan fingerprint density at radius 3 is 2.37 bits per heavy atom. The molecule has 0 atom stereocenters. The van der Waals surface area contributed by atoms with Gasteiger partial charge < -0.3 is 5.73 Å². The SMILES string of the molecule is Cc1cc(C)c(C)c(-c2csc3cnc(N)n23)c1C. The van der Waals surface area contributed by atoms with Gasteiger partial charge in [-0.1, -0.05) is 6.07 Å². The highest BCUT2D eigenvalue weighted by Crippen LogP contribution is 2.35. The average Bonchev–Trinajstić information content (AvgIpc) is 2.92. The van der Waals surface area contributed by atoms with E-state index in [9.17, 15) is 0 Å². The lowest BCUT2D eigenvalue weighted by atomic mass is 9.93. The summed E-state index contributed by atoms with van der Waals surface area (Å²) in [5.41, 5.74) is 13.7. The molecule has 0 unspecified atom stereocenters. The highest BCUT2D eigenvalue weighted by molar-refractivity contribution is 7.16. The van der Waals surface area contributed by atoms with Gasteiger partial charge in [-0.3, -0.25) is 4.40 Å². The molecule has 0 bridgehead atoms. The second-order valence-electron chi connectivity index (χ2n) is 5.05. The second-order valence-corrected chi connectivity index (χ2v) is 5.94. The molecule has 3 rings (SSSR count). The first-order chi connectivity index (χ1) is 9.00. The Hall–Kier alpha value is -1.81. The van der Waals surface area contributed by atoms with Crippen molar-refractivity contribution in [2.24, 2.45) is 0 Å². The van der Waals surface area contributed by atoms with Crippen LogP contribution in [0.4, 0.5) is 5.95 Å². The molecule has 0 aliphatic carbocycles. The fourth-order valence-electron chi connectivity index (χ4n) is 2.62. The van der Waals surface area contributed by atoms with Crippen LogP contribution in [0.5, 0.6) is 0 Å². The van der Waals surface area contributed by atoms with E-state index in [-0.39, 0.29) is 0 Å². The van der Waals surface area contributed by atoms with Gasteiger partial charge in [0.2, 0.25) is 5.95 Å². The quantitative estimate of drug-likeness (QED) is 0.730. The van der Waals surface area contributed by atoms with Crippen molar-refractivity contribution in [2.75, 3.05) is 5.73 Å². The zero-order chi connectivity index (χ0) is 13.7. The number of imidazole rings is 1. The molecule has 0 fully saturated rings. The minimum Gasteiger partial charge on any atom is -0.369 e. The van der Waals surface area contributed by atoms with Crippen LogP contribution >= 0.6 is 11.3 Å². The summed E-state index contributed by atoms with van der Waals surface area (Å²) in [6.45, 7) is 8.67. The molecule has 0 saturated heterocycles. The van der Waals surface area contributed by atoms with E-state index < -0.39 is 0 Å². The van der Waals surface area contributed by atoms with Crippen molar-refractivity contribution in [2.45, 2.75) is 27.7 Å². The Bertz CT molecular complexity index is 754. The topological polar surface area (TPSA) is 43.3 Å². The van der Waals surface area contributed by atoms with Crippen molar-refractivity contribution in [1.29, 1.82) is 0 Å². The molecule has 98 valence electrons. The van der Waals surface area contributed by atoms with Crippen LogP contribution in [0.2, 0.25) is 0 Å². The van der Waals surface area contributed by atoms with Crippen LogP contribution in [0.1, 0.15) is 22.3 Å². The number of thiazole rings is 1. The van der Waals surface area contributed by atoms with Crippen LogP contribution in [0.3, 0.4) is 0 Å². The molecule has 3 aromatic rings. The van der Waals surface area contributed by atoms with E-state index in [1.54, 1.807) is 11.3 Å². The molecule has 2 heterocycles. The van der Waals surface area contributed by atoms with Crippen LogP contribution in [0.15, 0.2) is 17.6 Å². The summed E-state index contributed by atoms with van der Waals surface area (Å²) in [4.78, 5) is 5.29. The summed E-state index contributed by atoms with van der Waals surface area (Å²) in [5, 5.41) is 2.17. The van der Waals surface area contributed by atoms with Crippen molar-refractivity contribution in [3.05, 3.63) is 39.9 Å². The number of aryl methyl sites for hydroxylation is 2. The van der Waals surface area contributed by atoms with Gasteiger partial charge in [-0.2, -0.15) is 0 Å². The summed E-state index contributed by atoms with van der Waals surface area (Å²) < 4.78 is 2.04. The minimum absolute atomic E-state index is 0.559. The molecule has 1 aromatic carbocycles. The van der Waals surface area contributed by atoms with Gasteiger partial charge in [0.15, 0.2) is 0 Å². The van der Waals surface area contributed by atoms with E-state index in [2.05, 4.69) is 44.1 Å². The molecule has 2 aromatic heterocycles. The van der Waals surface area contributed by atoms with E-state index in [0.29, 0.717) is 5.95 Å². The fraction of sp³-hybridized carbons (Fsp3) is 0.267.